The Labute approximate surface area is 94.5 Å². The lowest BCUT2D eigenvalue weighted by atomic mass is 9.92. The SMILES string of the molecule is CCC#CCCC1C(C)=C(C)C(C)=C1C. The summed E-state index contributed by atoms with van der Waals surface area (Å²) >= 11 is 0. The fourth-order valence-corrected chi connectivity index (χ4v) is 2.30. The molecular formula is C15H22. The Bertz CT molecular complexity index is 331. The molecule has 0 aromatic carbocycles. The minimum Gasteiger partial charge on any atom is -0.104 e. The van der Waals surface area contributed by atoms with E-state index in [2.05, 4.69) is 46.5 Å². The molecule has 1 rings (SSSR count). The quantitative estimate of drug-likeness (QED) is 0.579. The van der Waals surface area contributed by atoms with Crippen LogP contribution >= 0.6 is 0 Å². The standard InChI is InChI=1S/C15H22/c1-6-7-8-9-10-15-13(4)11(2)12(3)14(15)5/h15H,6,9-10H2,1-5H3. The molecule has 0 N–H and O–H groups in total. The molecule has 0 aromatic heterocycles. The van der Waals surface area contributed by atoms with Crippen LogP contribution in [0.25, 0.3) is 0 Å². The third-order valence-corrected chi connectivity index (χ3v) is 3.65. The van der Waals surface area contributed by atoms with Gasteiger partial charge in [0.2, 0.25) is 0 Å². The van der Waals surface area contributed by atoms with Crippen LogP contribution in [0, 0.1) is 17.8 Å². The Balaban J connectivity index is 2.65. The molecule has 0 atom stereocenters. The molecule has 0 heteroatoms. The van der Waals surface area contributed by atoms with E-state index in [4.69, 9.17) is 0 Å². The monoisotopic (exact) mass is 202 g/mol. The van der Waals surface area contributed by atoms with Crippen LogP contribution in [0.4, 0.5) is 0 Å². The zero-order valence-corrected chi connectivity index (χ0v) is 10.7. The molecule has 0 spiro atoms. The van der Waals surface area contributed by atoms with Crippen molar-refractivity contribution in [3.63, 3.8) is 0 Å². The molecule has 1 aliphatic rings. The second-order valence-electron chi connectivity index (χ2n) is 4.41. The van der Waals surface area contributed by atoms with Crippen LogP contribution in [-0.4, -0.2) is 0 Å². The smallest absolute Gasteiger partial charge is 0.00974 e. The first-order valence-corrected chi connectivity index (χ1v) is 5.90. The third-order valence-electron chi connectivity index (χ3n) is 3.65. The molecule has 0 nitrogen and oxygen atoms in total. The van der Waals surface area contributed by atoms with Gasteiger partial charge in [-0.3, -0.25) is 0 Å². The van der Waals surface area contributed by atoms with Crippen LogP contribution in [0.3, 0.4) is 0 Å². The van der Waals surface area contributed by atoms with Crippen molar-refractivity contribution >= 4 is 0 Å². The lowest BCUT2D eigenvalue weighted by molar-refractivity contribution is 0.662. The number of rotatable bonds is 2. The molecule has 0 bridgehead atoms. The van der Waals surface area contributed by atoms with E-state index in [0.29, 0.717) is 5.92 Å². The molecule has 15 heavy (non-hydrogen) atoms. The predicted molar refractivity (Wildman–Crippen MR) is 67.5 cm³/mol. The van der Waals surface area contributed by atoms with Gasteiger partial charge in [0, 0.05) is 18.8 Å². The zero-order valence-electron chi connectivity index (χ0n) is 10.7. The largest absolute Gasteiger partial charge is 0.104 e. The van der Waals surface area contributed by atoms with Crippen molar-refractivity contribution in [2.75, 3.05) is 0 Å². The van der Waals surface area contributed by atoms with Crippen molar-refractivity contribution in [2.24, 2.45) is 5.92 Å². The summed E-state index contributed by atoms with van der Waals surface area (Å²) in [6, 6.07) is 0. The maximum Gasteiger partial charge on any atom is 0.00974 e. The number of hydrogen-bond acceptors (Lipinski definition) is 0. The molecule has 0 aromatic rings. The summed E-state index contributed by atoms with van der Waals surface area (Å²) in [4.78, 5) is 0. The summed E-state index contributed by atoms with van der Waals surface area (Å²) < 4.78 is 0. The second kappa shape index (κ2) is 5.21. The maximum absolute atomic E-state index is 3.24. The Morgan fingerprint density at radius 1 is 0.933 bits per heavy atom. The van der Waals surface area contributed by atoms with E-state index < -0.39 is 0 Å². The zero-order chi connectivity index (χ0) is 11.4. The van der Waals surface area contributed by atoms with Gasteiger partial charge >= 0.3 is 0 Å². The van der Waals surface area contributed by atoms with Gasteiger partial charge in [-0.2, -0.15) is 0 Å². The molecule has 0 amide bonds. The van der Waals surface area contributed by atoms with Crippen molar-refractivity contribution in [3.8, 4) is 11.8 Å². The average molecular weight is 202 g/mol. The first-order valence-electron chi connectivity index (χ1n) is 5.90. The average Bonchev–Trinajstić information content (AvgIpc) is 2.41. The van der Waals surface area contributed by atoms with Crippen LogP contribution in [0.15, 0.2) is 22.3 Å². The predicted octanol–water partition coefficient (Wildman–Crippen LogP) is 4.48. The molecular weight excluding hydrogens is 180 g/mol. The van der Waals surface area contributed by atoms with Gasteiger partial charge in [-0.1, -0.05) is 18.1 Å². The highest BCUT2D eigenvalue weighted by Gasteiger charge is 2.23. The molecule has 0 saturated heterocycles. The van der Waals surface area contributed by atoms with E-state index in [1.165, 1.54) is 17.6 Å². The topological polar surface area (TPSA) is 0 Å². The lowest BCUT2D eigenvalue weighted by Gasteiger charge is -2.12. The van der Waals surface area contributed by atoms with Crippen molar-refractivity contribution in [2.45, 2.75) is 53.9 Å². The first-order chi connectivity index (χ1) is 7.09. The summed E-state index contributed by atoms with van der Waals surface area (Å²) in [7, 11) is 0. The highest BCUT2D eigenvalue weighted by Crippen LogP contribution is 2.38. The van der Waals surface area contributed by atoms with Gasteiger partial charge in [0.15, 0.2) is 0 Å². The summed E-state index contributed by atoms with van der Waals surface area (Å²) in [5.74, 6) is 7.04. The number of allylic oxidation sites excluding steroid dienone is 4. The summed E-state index contributed by atoms with van der Waals surface area (Å²) in [6.45, 7) is 11.1. The van der Waals surface area contributed by atoms with Crippen molar-refractivity contribution in [3.05, 3.63) is 22.3 Å². The van der Waals surface area contributed by atoms with Gasteiger partial charge in [0.1, 0.15) is 0 Å². The van der Waals surface area contributed by atoms with Crippen molar-refractivity contribution in [1.82, 2.24) is 0 Å². The molecule has 1 aliphatic carbocycles. The molecule has 0 radical (unpaired) electrons. The molecule has 0 heterocycles. The highest BCUT2D eigenvalue weighted by atomic mass is 14.3. The summed E-state index contributed by atoms with van der Waals surface area (Å²) in [5.41, 5.74) is 6.12. The van der Waals surface area contributed by atoms with Gasteiger partial charge in [-0.15, -0.1) is 11.8 Å². The normalized spacial score (nSPS) is 17.1. The van der Waals surface area contributed by atoms with Crippen molar-refractivity contribution in [1.29, 1.82) is 0 Å². The molecule has 0 fully saturated rings. The fraction of sp³-hybridized carbons (Fsp3) is 0.600. The highest BCUT2D eigenvalue weighted by molar-refractivity contribution is 5.46. The molecule has 0 saturated carbocycles. The van der Waals surface area contributed by atoms with E-state index in [1.807, 2.05) is 0 Å². The first kappa shape index (κ1) is 12.1. The molecule has 82 valence electrons. The Hall–Kier alpha value is -0.960. The number of hydrogen-bond donors (Lipinski definition) is 0. The minimum absolute atomic E-state index is 0.663. The van der Waals surface area contributed by atoms with Crippen molar-refractivity contribution < 1.29 is 0 Å². The van der Waals surface area contributed by atoms with E-state index in [-0.39, 0.29) is 0 Å². The second-order valence-corrected chi connectivity index (χ2v) is 4.41. The fourth-order valence-electron chi connectivity index (χ4n) is 2.30. The van der Waals surface area contributed by atoms with Gasteiger partial charge < -0.3 is 0 Å². The van der Waals surface area contributed by atoms with Crippen LogP contribution < -0.4 is 0 Å². The van der Waals surface area contributed by atoms with Gasteiger partial charge in [-0.05, 0) is 45.3 Å². The van der Waals surface area contributed by atoms with E-state index in [9.17, 15) is 0 Å². The van der Waals surface area contributed by atoms with E-state index in [0.717, 1.165) is 12.8 Å². The summed E-state index contributed by atoms with van der Waals surface area (Å²) in [6.07, 6.45) is 3.21. The maximum atomic E-state index is 3.24. The minimum atomic E-state index is 0.663. The Morgan fingerprint density at radius 3 is 1.93 bits per heavy atom. The third kappa shape index (κ3) is 2.53. The van der Waals surface area contributed by atoms with Crippen LogP contribution in [0.2, 0.25) is 0 Å². The lowest BCUT2D eigenvalue weighted by Crippen LogP contribution is -2.00. The van der Waals surface area contributed by atoms with Gasteiger partial charge in [-0.25, -0.2) is 0 Å². The summed E-state index contributed by atoms with van der Waals surface area (Å²) in [5, 5.41) is 0. The van der Waals surface area contributed by atoms with Crippen LogP contribution in [0.1, 0.15) is 53.9 Å². The molecule has 0 unspecified atom stereocenters. The Kier molecular flexibility index (Phi) is 4.21. The van der Waals surface area contributed by atoms with E-state index in [1.54, 1.807) is 11.1 Å². The van der Waals surface area contributed by atoms with Gasteiger partial charge in [0.05, 0.1) is 0 Å². The van der Waals surface area contributed by atoms with Gasteiger partial charge in [0.25, 0.3) is 0 Å². The molecule has 0 aliphatic heterocycles. The van der Waals surface area contributed by atoms with Crippen LogP contribution in [-0.2, 0) is 0 Å². The van der Waals surface area contributed by atoms with E-state index >= 15 is 0 Å². The Morgan fingerprint density at radius 2 is 1.47 bits per heavy atom. The van der Waals surface area contributed by atoms with Crippen LogP contribution in [0.5, 0.6) is 0 Å².